The minimum absolute atomic E-state index is 0.105. The maximum atomic E-state index is 12.9. The molecule has 0 radical (unpaired) electrons. The number of halogens is 2. The summed E-state index contributed by atoms with van der Waals surface area (Å²) >= 11 is 1.06. The van der Waals surface area contributed by atoms with Crippen molar-refractivity contribution in [2.24, 2.45) is 0 Å². The van der Waals surface area contributed by atoms with Crippen LogP contribution in [0.5, 0.6) is 0 Å². The molecule has 0 bridgehead atoms. The molecule has 1 aromatic heterocycles. The molecule has 2 rings (SSSR count). The fraction of sp³-hybridized carbons (Fsp3) is 0.100. The van der Waals surface area contributed by atoms with Gasteiger partial charge in [0.05, 0.1) is 0 Å². The summed E-state index contributed by atoms with van der Waals surface area (Å²) in [6.45, 7) is 0.105. The van der Waals surface area contributed by atoms with Crippen molar-refractivity contribution in [3.63, 3.8) is 0 Å². The van der Waals surface area contributed by atoms with E-state index in [-0.39, 0.29) is 12.2 Å². The fourth-order valence-corrected chi connectivity index (χ4v) is 1.62. The molecule has 17 heavy (non-hydrogen) atoms. The van der Waals surface area contributed by atoms with Gasteiger partial charge in [-0.1, -0.05) is 10.6 Å². The quantitative estimate of drug-likeness (QED) is 0.909. The minimum Gasteiger partial charge on any atom is -0.347 e. The molecule has 0 spiro atoms. The molecule has 88 valence electrons. The largest absolute Gasteiger partial charge is 0.347 e. The van der Waals surface area contributed by atoms with E-state index in [0.29, 0.717) is 5.56 Å². The van der Waals surface area contributed by atoms with Crippen molar-refractivity contribution < 1.29 is 13.6 Å². The summed E-state index contributed by atoms with van der Waals surface area (Å²) in [6, 6.07) is 3.45. The second-order valence-electron chi connectivity index (χ2n) is 3.22. The van der Waals surface area contributed by atoms with Crippen LogP contribution in [0.4, 0.5) is 8.78 Å². The number of nitrogens with zero attached hydrogens (tertiary/aromatic N) is 2. The molecule has 1 aromatic carbocycles. The number of carbonyl (C=O) groups excluding carboxylic acids is 1. The van der Waals surface area contributed by atoms with Crippen LogP contribution < -0.4 is 5.32 Å². The number of nitrogens with one attached hydrogen (secondary N) is 1. The predicted octanol–water partition coefficient (Wildman–Crippen LogP) is 1.75. The van der Waals surface area contributed by atoms with Crippen LogP contribution in [0.3, 0.4) is 0 Å². The number of hydrogen-bond donors (Lipinski definition) is 1. The van der Waals surface area contributed by atoms with E-state index in [1.807, 2.05) is 0 Å². The van der Waals surface area contributed by atoms with Crippen LogP contribution in [0.25, 0.3) is 0 Å². The van der Waals surface area contributed by atoms with Crippen molar-refractivity contribution >= 4 is 17.4 Å². The zero-order chi connectivity index (χ0) is 12.3. The summed E-state index contributed by atoms with van der Waals surface area (Å²) < 4.78 is 29.1. The highest BCUT2D eigenvalue weighted by molar-refractivity contribution is 7.03. The molecule has 0 aliphatic carbocycles. The highest BCUT2D eigenvalue weighted by atomic mass is 32.1. The van der Waals surface area contributed by atoms with E-state index in [4.69, 9.17) is 0 Å². The molecule has 0 saturated heterocycles. The zero-order valence-corrected chi connectivity index (χ0v) is 9.30. The SMILES string of the molecule is O=C(NCc1ccc(F)c(F)c1)c1csnn1. The van der Waals surface area contributed by atoms with Gasteiger partial charge in [-0.15, -0.1) is 5.10 Å². The van der Waals surface area contributed by atoms with E-state index in [1.54, 1.807) is 0 Å². The summed E-state index contributed by atoms with van der Waals surface area (Å²) in [6.07, 6.45) is 0. The van der Waals surface area contributed by atoms with Crippen LogP contribution in [0.1, 0.15) is 16.1 Å². The molecule has 0 unspecified atom stereocenters. The van der Waals surface area contributed by atoms with E-state index in [9.17, 15) is 13.6 Å². The van der Waals surface area contributed by atoms with Gasteiger partial charge in [0.25, 0.3) is 5.91 Å². The molecule has 0 aliphatic heterocycles. The Balaban J connectivity index is 1.98. The molecule has 2 aromatic rings. The van der Waals surface area contributed by atoms with E-state index < -0.39 is 17.5 Å². The van der Waals surface area contributed by atoms with Crippen LogP contribution in [0, 0.1) is 11.6 Å². The zero-order valence-electron chi connectivity index (χ0n) is 8.48. The van der Waals surface area contributed by atoms with E-state index in [1.165, 1.54) is 11.4 Å². The van der Waals surface area contributed by atoms with Gasteiger partial charge in [0.15, 0.2) is 17.3 Å². The van der Waals surface area contributed by atoms with Crippen LogP contribution in [-0.2, 0) is 6.54 Å². The third kappa shape index (κ3) is 2.82. The first-order valence-corrected chi connectivity index (χ1v) is 5.49. The summed E-state index contributed by atoms with van der Waals surface area (Å²) in [4.78, 5) is 11.5. The molecule has 1 amide bonds. The number of aromatic nitrogens is 2. The van der Waals surface area contributed by atoms with Crippen molar-refractivity contribution in [1.29, 1.82) is 0 Å². The van der Waals surface area contributed by atoms with Gasteiger partial charge in [-0.2, -0.15) is 0 Å². The molecule has 7 heteroatoms. The molecular formula is C10H7F2N3OS. The summed E-state index contributed by atoms with van der Waals surface area (Å²) in [5, 5.41) is 7.61. The van der Waals surface area contributed by atoms with Crippen molar-refractivity contribution in [1.82, 2.24) is 14.9 Å². The Morgan fingerprint density at radius 1 is 1.35 bits per heavy atom. The Morgan fingerprint density at radius 2 is 2.18 bits per heavy atom. The minimum atomic E-state index is -0.938. The summed E-state index contributed by atoms with van der Waals surface area (Å²) in [5.74, 6) is -2.25. The second-order valence-corrected chi connectivity index (χ2v) is 3.83. The fourth-order valence-electron chi connectivity index (χ4n) is 1.19. The van der Waals surface area contributed by atoms with Gasteiger partial charge in [0, 0.05) is 11.9 Å². The molecule has 0 saturated carbocycles. The molecule has 0 fully saturated rings. The number of carbonyl (C=O) groups is 1. The van der Waals surface area contributed by atoms with Crippen molar-refractivity contribution in [3.05, 3.63) is 46.5 Å². The molecular weight excluding hydrogens is 248 g/mol. The van der Waals surface area contributed by atoms with Gasteiger partial charge in [0.1, 0.15) is 0 Å². The van der Waals surface area contributed by atoms with Gasteiger partial charge in [-0.05, 0) is 29.2 Å². The Bertz CT molecular complexity index is 530. The van der Waals surface area contributed by atoms with Crippen molar-refractivity contribution in [2.45, 2.75) is 6.54 Å². The molecule has 4 nitrogen and oxygen atoms in total. The van der Waals surface area contributed by atoms with Crippen LogP contribution in [-0.4, -0.2) is 15.5 Å². The lowest BCUT2D eigenvalue weighted by molar-refractivity contribution is 0.0946. The molecule has 0 atom stereocenters. The lowest BCUT2D eigenvalue weighted by atomic mass is 10.2. The topological polar surface area (TPSA) is 54.9 Å². The average Bonchev–Trinajstić information content (AvgIpc) is 2.84. The maximum Gasteiger partial charge on any atom is 0.273 e. The van der Waals surface area contributed by atoms with Crippen molar-refractivity contribution in [2.75, 3.05) is 0 Å². The van der Waals surface area contributed by atoms with Gasteiger partial charge in [0.2, 0.25) is 0 Å². The highest BCUT2D eigenvalue weighted by Crippen LogP contribution is 2.08. The molecule has 1 N–H and O–H groups in total. The normalized spacial score (nSPS) is 10.2. The van der Waals surface area contributed by atoms with Gasteiger partial charge < -0.3 is 5.32 Å². The van der Waals surface area contributed by atoms with Crippen molar-refractivity contribution in [3.8, 4) is 0 Å². The van der Waals surface area contributed by atoms with E-state index >= 15 is 0 Å². The average molecular weight is 255 g/mol. The number of rotatable bonds is 3. The van der Waals surface area contributed by atoms with Crippen LogP contribution >= 0.6 is 11.5 Å². The molecule has 1 heterocycles. The smallest absolute Gasteiger partial charge is 0.273 e. The number of amides is 1. The van der Waals surface area contributed by atoms with Gasteiger partial charge in [-0.3, -0.25) is 4.79 Å². The first-order valence-electron chi connectivity index (χ1n) is 4.66. The Hall–Kier alpha value is -1.89. The Morgan fingerprint density at radius 3 is 2.82 bits per heavy atom. The number of benzene rings is 1. The van der Waals surface area contributed by atoms with Crippen LogP contribution in [0.15, 0.2) is 23.6 Å². The van der Waals surface area contributed by atoms with Crippen LogP contribution in [0.2, 0.25) is 0 Å². The standard InChI is InChI=1S/C10H7F2N3OS/c11-7-2-1-6(3-8(7)12)4-13-10(16)9-5-17-15-14-9/h1-3,5H,4H2,(H,13,16). The number of hydrogen-bond acceptors (Lipinski definition) is 4. The second kappa shape index (κ2) is 4.96. The van der Waals surface area contributed by atoms with Gasteiger partial charge in [-0.25, -0.2) is 8.78 Å². The Labute approximate surface area is 99.5 Å². The van der Waals surface area contributed by atoms with Gasteiger partial charge >= 0.3 is 0 Å². The highest BCUT2D eigenvalue weighted by Gasteiger charge is 2.08. The predicted molar refractivity (Wildman–Crippen MR) is 57.4 cm³/mol. The summed E-state index contributed by atoms with van der Waals surface area (Å²) in [5.41, 5.74) is 0.679. The third-order valence-electron chi connectivity index (χ3n) is 2.03. The van der Waals surface area contributed by atoms with E-state index in [2.05, 4.69) is 14.9 Å². The maximum absolute atomic E-state index is 12.9. The third-order valence-corrected chi connectivity index (χ3v) is 2.53. The first-order chi connectivity index (χ1) is 8.16. The molecule has 0 aliphatic rings. The lowest BCUT2D eigenvalue weighted by Crippen LogP contribution is -2.23. The monoisotopic (exact) mass is 255 g/mol. The lowest BCUT2D eigenvalue weighted by Gasteiger charge is -2.03. The first kappa shape index (κ1) is 11.6. The Kier molecular flexibility index (Phi) is 3.38. The summed E-state index contributed by atoms with van der Waals surface area (Å²) in [7, 11) is 0. The van der Waals surface area contributed by atoms with E-state index in [0.717, 1.165) is 23.7 Å².